The molecule has 1 saturated heterocycles. The summed E-state index contributed by atoms with van der Waals surface area (Å²) in [5.74, 6) is 0.430. The molecule has 0 atom stereocenters. The molecule has 210 valence electrons. The number of allylic oxidation sites excluding steroid dienone is 2. The van der Waals surface area contributed by atoms with Crippen LogP contribution in [-0.4, -0.2) is 40.5 Å². The van der Waals surface area contributed by atoms with Gasteiger partial charge in [0.05, 0.1) is 11.6 Å². The average molecular weight is 561 g/mol. The Morgan fingerprint density at radius 3 is 2.56 bits per heavy atom. The molecule has 41 heavy (non-hydrogen) atoms. The number of halogens is 3. The fourth-order valence-electron chi connectivity index (χ4n) is 4.77. The highest BCUT2D eigenvalue weighted by Gasteiger charge is 2.33. The quantitative estimate of drug-likeness (QED) is 0.297. The van der Waals surface area contributed by atoms with Gasteiger partial charge in [-0.25, -0.2) is 15.0 Å². The number of amides is 1. The van der Waals surface area contributed by atoms with Crippen molar-refractivity contribution in [2.45, 2.75) is 32.9 Å². The van der Waals surface area contributed by atoms with Crippen LogP contribution in [0.4, 0.5) is 19.1 Å². The Balaban J connectivity index is 1.19. The summed E-state index contributed by atoms with van der Waals surface area (Å²) in [6, 6.07) is 13.4. The molecule has 1 amide bonds. The standard InChI is InChI=1S/C30H27F3N6O2/c1-3-18(2)23-14-20(16-34)15-24-26(23)41-28(37-24)22-6-4-21(5-7-22)27(40)36-17-19-9-12-39(13-10-19)29-35-11-8-25(38-29)30(31,32)33/h3-8,11,14-15,19H,9-10,12-13,17H2,1-2H3,(H,36,40)/b18-3+. The van der Waals surface area contributed by atoms with E-state index >= 15 is 0 Å². The van der Waals surface area contributed by atoms with E-state index in [-0.39, 0.29) is 17.8 Å². The van der Waals surface area contributed by atoms with Crippen LogP contribution in [0.3, 0.4) is 0 Å². The fourth-order valence-corrected chi connectivity index (χ4v) is 4.77. The first-order valence-electron chi connectivity index (χ1n) is 13.2. The molecule has 0 spiro atoms. The predicted molar refractivity (Wildman–Crippen MR) is 148 cm³/mol. The lowest BCUT2D eigenvalue weighted by Crippen LogP contribution is -2.39. The molecule has 5 rings (SSSR count). The van der Waals surface area contributed by atoms with Gasteiger partial charge in [-0.05, 0) is 80.6 Å². The average Bonchev–Trinajstić information content (AvgIpc) is 3.43. The summed E-state index contributed by atoms with van der Waals surface area (Å²) in [5.41, 5.74) is 3.68. The van der Waals surface area contributed by atoms with Gasteiger partial charge in [0, 0.05) is 42.5 Å². The molecule has 4 aromatic rings. The van der Waals surface area contributed by atoms with Crippen LogP contribution in [0.1, 0.15) is 53.9 Å². The number of carbonyl (C=O) groups is 1. The summed E-state index contributed by atoms with van der Waals surface area (Å²) in [4.78, 5) is 26.8. The number of alkyl halides is 3. The molecule has 0 unspecified atom stereocenters. The summed E-state index contributed by atoms with van der Waals surface area (Å²) in [5, 5.41) is 12.4. The van der Waals surface area contributed by atoms with E-state index in [1.54, 1.807) is 41.3 Å². The number of fused-ring (bicyclic) bond motifs is 1. The number of nitriles is 1. The number of anilines is 1. The monoisotopic (exact) mass is 560 g/mol. The predicted octanol–water partition coefficient (Wildman–Crippen LogP) is 6.24. The van der Waals surface area contributed by atoms with Crippen molar-refractivity contribution in [2.75, 3.05) is 24.5 Å². The number of oxazole rings is 1. The molecule has 2 aromatic heterocycles. The maximum atomic E-state index is 13.0. The number of nitrogens with zero attached hydrogens (tertiary/aromatic N) is 5. The van der Waals surface area contributed by atoms with Crippen molar-refractivity contribution in [2.24, 2.45) is 5.92 Å². The summed E-state index contributed by atoms with van der Waals surface area (Å²) in [7, 11) is 0. The molecule has 0 aliphatic carbocycles. The largest absolute Gasteiger partial charge is 0.435 e. The van der Waals surface area contributed by atoms with Crippen LogP contribution in [0, 0.1) is 17.2 Å². The number of rotatable bonds is 6. The van der Waals surface area contributed by atoms with Gasteiger partial charge in [-0.3, -0.25) is 4.79 Å². The van der Waals surface area contributed by atoms with Gasteiger partial charge in [0.1, 0.15) is 11.2 Å². The van der Waals surface area contributed by atoms with Crippen molar-refractivity contribution in [3.05, 3.63) is 77.1 Å². The van der Waals surface area contributed by atoms with Crippen LogP contribution in [0.2, 0.25) is 0 Å². The van der Waals surface area contributed by atoms with Gasteiger partial charge in [0.2, 0.25) is 11.8 Å². The minimum Gasteiger partial charge on any atom is -0.435 e. The Kier molecular flexibility index (Phi) is 7.75. The molecule has 1 aliphatic rings. The lowest BCUT2D eigenvalue weighted by molar-refractivity contribution is -0.141. The Morgan fingerprint density at radius 1 is 1.17 bits per heavy atom. The van der Waals surface area contributed by atoms with Crippen molar-refractivity contribution in [3.8, 4) is 17.5 Å². The van der Waals surface area contributed by atoms with Crippen LogP contribution >= 0.6 is 0 Å². The van der Waals surface area contributed by atoms with E-state index in [4.69, 9.17) is 4.42 Å². The first kappa shape index (κ1) is 27.8. The zero-order chi connectivity index (χ0) is 29.1. The minimum absolute atomic E-state index is 0.0695. The number of aromatic nitrogens is 3. The lowest BCUT2D eigenvalue weighted by Gasteiger charge is -2.32. The van der Waals surface area contributed by atoms with Crippen LogP contribution in [0.5, 0.6) is 0 Å². The zero-order valence-corrected chi connectivity index (χ0v) is 22.5. The SMILES string of the molecule is C/C=C(\C)c1cc(C#N)cc2nc(-c3ccc(C(=O)NCC4CCN(c5nccc(C(F)(F)F)n5)CC4)cc3)oc12. The second-order valence-corrected chi connectivity index (χ2v) is 9.93. The van der Waals surface area contributed by atoms with Crippen molar-refractivity contribution in [1.29, 1.82) is 5.26 Å². The molecule has 0 radical (unpaired) electrons. The Morgan fingerprint density at radius 2 is 1.90 bits per heavy atom. The molecule has 1 N–H and O–H groups in total. The molecule has 8 nitrogen and oxygen atoms in total. The second-order valence-electron chi connectivity index (χ2n) is 9.93. The van der Waals surface area contributed by atoms with Crippen molar-refractivity contribution >= 4 is 28.5 Å². The number of hydrogen-bond donors (Lipinski definition) is 1. The van der Waals surface area contributed by atoms with E-state index in [1.807, 2.05) is 19.9 Å². The highest BCUT2D eigenvalue weighted by atomic mass is 19.4. The summed E-state index contributed by atoms with van der Waals surface area (Å²) >= 11 is 0. The first-order chi connectivity index (χ1) is 19.7. The third-order valence-electron chi connectivity index (χ3n) is 7.25. The Hall–Kier alpha value is -4.72. The number of benzene rings is 2. The second kappa shape index (κ2) is 11.4. The maximum absolute atomic E-state index is 13.0. The van der Waals surface area contributed by atoms with Gasteiger partial charge >= 0.3 is 6.18 Å². The maximum Gasteiger partial charge on any atom is 0.433 e. The fraction of sp³-hybridized carbons (Fsp3) is 0.300. The smallest absolute Gasteiger partial charge is 0.433 e. The van der Waals surface area contributed by atoms with Crippen LogP contribution < -0.4 is 10.2 Å². The molecular formula is C30H27F3N6O2. The van der Waals surface area contributed by atoms with Crippen LogP contribution in [0.25, 0.3) is 28.1 Å². The molecule has 3 heterocycles. The molecule has 11 heteroatoms. The van der Waals surface area contributed by atoms with Crippen LogP contribution in [0.15, 0.2) is 59.2 Å². The van der Waals surface area contributed by atoms with Crippen LogP contribution in [-0.2, 0) is 6.18 Å². The zero-order valence-electron chi connectivity index (χ0n) is 22.5. The molecule has 0 bridgehead atoms. The molecule has 1 fully saturated rings. The number of nitrogens with one attached hydrogen (secondary N) is 1. The highest BCUT2D eigenvalue weighted by molar-refractivity contribution is 5.95. The van der Waals surface area contributed by atoms with E-state index in [9.17, 15) is 23.2 Å². The van der Waals surface area contributed by atoms with E-state index in [0.717, 1.165) is 23.4 Å². The third-order valence-corrected chi connectivity index (χ3v) is 7.25. The van der Waals surface area contributed by atoms with E-state index in [1.165, 1.54) is 0 Å². The Bertz CT molecular complexity index is 1650. The van der Waals surface area contributed by atoms with Crippen molar-refractivity contribution < 1.29 is 22.4 Å². The molecule has 1 aliphatic heterocycles. The van der Waals surface area contributed by atoms with Crippen molar-refractivity contribution in [3.63, 3.8) is 0 Å². The number of piperidine rings is 1. The van der Waals surface area contributed by atoms with Gasteiger partial charge < -0.3 is 14.6 Å². The lowest BCUT2D eigenvalue weighted by atomic mass is 9.97. The van der Waals surface area contributed by atoms with E-state index < -0.39 is 11.9 Å². The first-order valence-corrected chi connectivity index (χ1v) is 13.2. The number of hydrogen-bond acceptors (Lipinski definition) is 7. The van der Waals surface area contributed by atoms with E-state index in [0.29, 0.717) is 66.2 Å². The molecule has 0 saturated carbocycles. The molecule has 2 aromatic carbocycles. The van der Waals surface area contributed by atoms with Gasteiger partial charge in [-0.15, -0.1) is 0 Å². The molecular weight excluding hydrogens is 533 g/mol. The van der Waals surface area contributed by atoms with Crippen molar-refractivity contribution in [1.82, 2.24) is 20.3 Å². The minimum atomic E-state index is -4.52. The van der Waals surface area contributed by atoms with Gasteiger partial charge in [-0.1, -0.05) is 6.08 Å². The summed E-state index contributed by atoms with van der Waals surface area (Å²) < 4.78 is 45.0. The number of carbonyl (C=O) groups excluding carboxylic acids is 1. The Labute approximate surface area is 234 Å². The normalized spacial score (nSPS) is 14.7. The summed E-state index contributed by atoms with van der Waals surface area (Å²) in [6.45, 7) is 5.33. The topological polar surface area (TPSA) is 108 Å². The third kappa shape index (κ3) is 6.06. The highest BCUT2D eigenvalue weighted by Crippen LogP contribution is 2.32. The van der Waals surface area contributed by atoms with Gasteiger partial charge in [0.15, 0.2) is 5.58 Å². The van der Waals surface area contributed by atoms with Gasteiger partial charge in [-0.2, -0.15) is 18.4 Å². The summed E-state index contributed by atoms with van der Waals surface area (Å²) in [6.07, 6.45) is -0.0608. The van der Waals surface area contributed by atoms with E-state index in [2.05, 4.69) is 26.3 Å². The van der Waals surface area contributed by atoms with Gasteiger partial charge in [0.25, 0.3) is 5.91 Å².